The maximum absolute atomic E-state index is 3.46. The van der Waals surface area contributed by atoms with Crippen molar-refractivity contribution in [2.24, 2.45) is 5.92 Å². The molecule has 2 atom stereocenters. The molecule has 0 radical (unpaired) electrons. The zero-order valence-corrected chi connectivity index (χ0v) is 8.24. The van der Waals surface area contributed by atoms with Crippen LogP contribution in [0, 0.1) is 5.92 Å². The van der Waals surface area contributed by atoms with E-state index in [0.29, 0.717) is 6.04 Å². The largest absolute Gasteiger partial charge is 0.351 e. The molecule has 1 aromatic rings. The van der Waals surface area contributed by atoms with E-state index in [1.54, 1.807) is 0 Å². The molecule has 1 aliphatic heterocycles. The molecule has 0 amide bonds. The van der Waals surface area contributed by atoms with Crippen molar-refractivity contribution in [2.45, 2.75) is 25.8 Å². The molecule has 2 heteroatoms. The van der Waals surface area contributed by atoms with Crippen molar-refractivity contribution in [3.8, 4) is 0 Å². The summed E-state index contributed by atoms with van der Waals surface area (Å²) in [5.41, 5.74) is 0. The second-order valence-electron chi connectivity index (χ2n) is 3.98. The van der Waals surface area contributed by atoms with Gasteiger partial charge in [-0.3, -0.25) is 0 Å². The second kappa shape index (κ2) is 3.97. The fraction of sp³-hybridized carbons (Fsp3) is 0.636. The van der Waals surface area contributed by atoms with Crippen molar-refractivity contribution < 1.29 is 0 Å². The molecular weight excluding hydrogens is 160 g/mol. The van der Waals surface area contributed by atoms with Gasteiger partial charge in [0.25, 0.3) is 0 Å². The fourth-order valence-corrected chi connectivity index (χ4v) is 2.15. The fourth-order valence-electron chi connectivity index (χ4n) is 2.15. The van der Waals surface area contributed by atoms with E-state index in [0.717, 1.165) is 5.92 Å². The van der Waals surface area contributed by atoms with Gasteiger partial charge in [0, 0.05) is 18.4 Å². The molecule has 13 heavy (non-hydrogen) atoms. The Morgan fingerprint density at radius 1 is 1.38 bits per heavy atom. The van der Waals surface area contributed by atoms with Gasteiger partial charge in [-0.25, -0.2) is 0 Å². The van der Waals surface area contributed by atoms with E-state index in [-0.39, 0.29) is 0 Å². The molecule has 2 nitrogen and oxygen atoms in total. The molecule has 1 fully saturated rings. The summed E-state index contributed by atoms with van der Waals surface area (Å²) in [5.74, 6) is 0.807. The summed E-state index contributed by atoms with van der Waals surface area (Å²) in [4.78, 5) is 0. The lowest BCUT2D eigenvalue weighted by molar-refractivity contribution is 0.280. The molecule has 0 spiro atoms. The van der Waals surface area contributed by atoms with Crippen LogP contribution < -0.4 is 5.32 Å². The zero-order chi connectivity index (χ0) is 9.10. The van der Waals surface area contributed by atoms with Crippen LogP contribution in [0.25, 0.3) is 0 Å². The first kappa shape index (κ1) is 8.82. The average molecular weight is 178 g/mol. The van der Waals surface area contributed by atoms with Gasteiger partial charge in [0.2, 0.25) is 0 Å². The number of nitrogens with one attached hydrogen (secondary N) is 1. The normalized spacial score (nSPS) is 25.8. The SMILES string of the molecule is CC(C1CCCNC1)n1cccc1. The Balaban J connectivity index is 1.99. The van der Waals surface area contributed by atoms with Gasteiger partial charge in [0.15, 0.2) is 0 Å². The lowest BCUT2D eigenvalue weighted by Crippen LogP contribution is -2.33. The van der Waals surface area contributed by atoms with Crippen LogP contribution in [0.4, 0.5) is 0 Å². The highest BCUT2D eigenvalue weighted by Gasteiger charge is 2.19. The predicted octanol–water partition coefficient (Wildman–Crippen LogP) is 2.05. The average Bonchev–Trinajstić information content (AvgIpc) is 2.71. The van der Waals surface area contributed by atoms with Crippen molar-refractivity contribution >= 4 is 0 Å². The summed E-state index contributed by atoms with van der Waals surface area (Å²) in [7, 11) is 0. The van der Waals surface area contributed by atoms with E-state index in [1.807, 2.05) is 0 Å². The first-order chi connectivity index (χ1) is 6.38. The van der Waals surface area contributed by atoms with E-state index in [4.69, 9.17) is 0 Å². The Morgan fingerprint density at radius 3 is 2.77 bits per heavy atom. The van der Waals surface area contributed by atoms with Crippen molar-refractivity contribution in [1.82, 2.24) is 9.88 Å². The number of nitrogens with zero attached hydrogens (tertiary/aromatic N) is 1. The zero-order valence-electron chi connectivity index (χ0n) is 8.24. The van der Waals surface area contributed by atoms with Gasteiger partial charge in [-0.2, -0.15) is 0 Å². The molecule has 0 aromatic carbocycles. The van der Waals surface area contributed by atoms with E-state index >= 15 is 0 Å². The third-order valence-electron chi connectivity index (χ3n) is 3.12. The lowest BCUT2D eigenvalue weighted by Gasteiger charge is -2.29. The molecular formula is C11H18N2. The van der Waals surface area contributed by atoms with Gasteiger partial charge < -0.3 is 9.88 Å². The van der Waals surface area contributed by atoms with Crippen molar-refractivity contribution in [2.75, 3.05) is 13.1 Å². The van der Waals surface area contributed by atoms with Gasteiger partial charge >= 0.3 is 0 Å². The summed E-state index contributed by atoms with van der Waals surface area (Å²) >= 11 is 0. The molecule has 2 unspecified atom stereocenters. The first-order valence-electron chi connectivity index (χ1n) is 5.21. The molecule has 1 N–H and O–H groups in total. The molecule has 2 heterocycles. The number of aromatic nitrogens is 1. The molecule has 72 valence electrons. The van der Waals surface area contributed by atoms with Crippen molar-refractivity contribution in [3.63, 3.8) is 0 Å². The van der Waals surface area contributed by atoms with E-state index in [1.165, 1.54) is 25.9 Å². The number of hydrogen-bond acceptors (Lipinski definition) is 1. The van der Waals surface area contributed by atoms with Crippen LogP contribution in [0.1, 0.15) is 25.8 Å². The summed E-state index contributed by atoms with van der Waals surface area (Å²) < 4.78 is 2.32. The van der Waals surface area contributed by atoms with Gasteiger partial charge in [-0.1, -0.05) is 0 Å². The van der Waals surface area contributed by atoms with Crippen LogP contribution in [0.2, 0.25) is 0 Å². The minimum atomic E-state index is 0.641. The lowest BCUT2D eigenvalue weighted by atomic mass is 9.93. The monoisotopic (exact) mass is 178 g/mol. The van der Waals surface area contributed by atoms with Crippen LogP contribution in [-0.2, 0) is 0 Å². The molecule has 0 bridgehead atoms. The first-order valence-corrected chi connectivity index (χ1v) is 5.21. The highest BCUT2D eigenvalue weighted by atomic mass is 15.0. The van der Waals surface area contributed by atoms with Gasteiger partial charge in [-0.05, 0) is 50.9 Å². The number of hydrogen-bond donors (Lipinski definition) is 1. The Hall–Kier alpha value is -0.760. The van der Waals surface area contributed by atoms with Crippen LogP contribution in [0.5, 0.6) is 0 Å². The molecule has 1 aromatic heterocycles. The van der Waals surface area contributed by atoms with Crippen LogP contribution >= 0.6 is 0 Å². The molecule has 2 rings (SSSR count). The Labute approximate surface area is 79.9 Å². The van der Waals surface area contributed by atoms with Crippen LogP contribution in [-0.4, -0.2) is 17.7 Å². The molecule has 0 saturated carbocycles. The van der Waals surface area contributed by atoms with Crippen LogP contribution in [0.15, 0.2) is 24.5 Å². The second-order valence-corrected chi connectivity index (χ2v) is 3.98. The molecule has 0 aliphatic carbocycles. The van der Waals surface area contributed by atoms with Crippen molar-refractivity contribution in [1.29, 1.82) is 0 Å². The van der Waals surface area contributed by atoms with E-state index in [9.17, 15) is 0 Å². The topological polar surface area (TPSA) is 17.0 Å². The quantitative estimate of drug-likeness (QED) is 0.733. The maximum atomic E-state index is 3.46. The highest BCUT2D eigenvalue weighted by Crippen LogP contribution is 2.23. The smallest absolute Gasteiger partial charge is 0.0342 e. The van der Waals surface area contributed by atoms with Gasteiger partial charge in [0.05, 0.1) is 0 Å². The summed E-state index contributed by atoms with van der Waals surface area (Å²) in [6, 6.07) is 4.85. The highest BCUT2D eigenvalue weighted by molar-refractivity contribution is 4.94. The summed E-state index contributed by atoms with van der Waals surface area (Å²) in [5, 5.41) is 3.46. The maximum Gasteiger partial charge on any atom is 0.0342 e. The number of piperidine rings is 1. The van der Waals surface area contributed by atoms with Gasteiger partial charge in [0.1, 0.15) is 0 Å². The summed E-state index contributed by atoms with van der Waals surface area (Å²) in [6.07, 6.45) is 7.03. The molecule has 1 aliphatic rings. The van der Waals surface area contributed by atoms with E-state index in [2.05, 4.69) is 41.3 Å². The summed E-state index contributed by atoms with van der Waals surface area (Å²) in [6.45, 7) is 4.70. The Morgan fingerprint density at radius 2 is 2.15 bits per heavy atom. The molecule has 1 saturated heterocycles. The van der Waals surface area contributed by atoms with Crippen LogP contribution in [0.3, 0.4) is 0 Å². The third-order valence-corrected chi connectivity index (χ3v) is 3.12. The van der Waals surface area contributed by atoms with Gasteiger partial charge in [-0.15, -0.1) is 0 Å². The Bertz CT molecular complexity index is 235. The third kappa shape index (κ3) is 1.94. The minimum Gasteiger partial charge on any atom is -0.351 e. The Kier molecular flexibility index (Phi) is 2.69. The minimum absolute atomic E-state index is 0.641. The number of rotatable bonds is 2. The predicted molar refractivity (Wildman–Crippen MR) is 54.7 cm³/mol. The van der Waals surface area contributed by atoms with E-state index < -0.39 is 0 Å². The standard InChI is InChI=1S/C11H18N2/c1-10(13-7-2-3-8-13)11-5-4-6-12-9-11/h2-3,7-8,10-12H,4-6,9H2,1H3. The van der Waals surface area contributed by atoms with Crippen molar-refractivity contribution in [3.05, 3.63) is 24.5 Å².